The minimum atomic E-state index is -2.44. The second-order valence-electron chi connectivity index (χ2n) is 6.35. The predicted molar refractivity (Wildman–Crippen MR) is 109 cm³/mol. The molecule has 41 heavy (non-hydrogen) atoms. The number of nitrogens with one attached hydrogen (secondary N) is 2. The molecule has 20 nitrogen and oxygen atoms in total. The maximum absolute atomic E-state index is 9.86. The van der Waals surface area contributed by atoms with Crippen molar-refractivity contribution in [1.29, 1.82) is 0 Å². The third kappa shape index (κ3) is 20.8. The van der Waals surface area contributed by atoms with Crippen LogP contribution in [0, 0.1) is 0 Å². The summed E-state index contributed by atoms with van der Waals surface area (Å²) in [4.78, 5) is 71.1. The fourth-order valence-electron chi connectivity index (χ4n) is 1.55. The number of hydrogen-bond acceptors (Lipinski definition) is 18. The maximum Gasteiger partial charge on any atom is 6.00 e. The molecule has 4 atom stereocenters. The Hall–Kier alpha value is -4.75. The molecule has 0 amide bonds. The number of hydrogen-bond donors (Lipinski definition) is 6. The molecule has 2 heterocycles. The molecule has 0 aliphatic heterocycles. The molecule has 0 aromatic carbocycles. The molecule has 0 fully saturated rings. The zero-order valence-corrected chi connectivity index (χ0v) is 21.9. The van der Waals surface area contributed by atoms with Crippen LogP contribution in [-0.4, -0.2) is 101 Å². The number of nitrogens with zero attached hydrogens (tertiary/aromatic N) is 2. The number of aliphatic hydroxyl groups excluding tert-OH is 4. The number of carbonyl (C=O) groups is 6. The third-order valence-electron chi connectivity index (χ3n) is 3.38. The van der Waals surface area contributed by atoms with E-state index in [2.05, 4.69) is 19.9 Å². The Labute approximate surface area is 241 Å². The van der Waals surface area contributed by atoms with Crippen molar-refractivity contribution < 1.29 is 101 Å². The first kappa shape index (κ1) is 40.7. The molecular formula is C20H18MoN4O16. The second-order valence-corrected chi connectivity index (χ2v) is 6.35. The standard InChI is InChI=1S/2C6H6N2O2.2C4H6O6.Mo/c2*9-6(10)2-1-5-3-7-4-8-5;2*5-1(3(7)8)2(6)4(9)10;/h2*1-4H,(H,7,8)(H,9,10);2*1-2,5-6H,(H,7,8)(H,9,10);/q;;;;+6/p-6. The van der Waals surface area contributed by atoms with Crippen LogP contribution in [0.15, 0.2) is 37.2 Å². The van der Waals surface area contributed by atoms with Gasteiger partial charge in [0, 0.05) is 12.4 Å². The summed E-state index contributed by atoms with van der Waals surface area (Å²) in [6.45, 7) is 0. The number of carbonyl (C=O) groups excluding carboxylic acids is 6. The fourth-order valence-corrected chi connectivity index (χ4v) is 1.55. The Kier molecular flexibility index (Phi) is 22.0. The molecule has 2 aromatic heterocycles. The minimum absolute atomic E-state index is 0. The average molecular weight is 666 g/mol. The zero-order valence-electron chi connectivity index (χ0n) is 19.9. The maximum atomic E-state index is 9.86. The van der Waals surface area contributed by atoms with E-state index in [4.69, 9.17) is 20.4 Å². The molecule has 0 aliphatic rings. The van der Waals surface area contributed by atoms with Gasteiger partial charge in [-0.25, -0.2) is 9.97 Å². The molecule has 21 heteroatoms. The van der Waals surface area contributed by atoms with Gasteiger partial charge >= 0.3 is 21.1 Å². The van der Waals surface area contributed by atoms with Crippen LogP contribution in [0.2, 0.25) is 0 Å². The molecule has 0 saturated heterocycles. The van der Waals surface area contributed by atoms with Crippen molar-refractivity contribution in [3.05, 3.63) is 48.6 Å². The number of imidazole rings is 2. The van der Waals surface area contributed by atoms with E-state index in [1.54, 1.807) is 12.4 Å². The Morgan fingerprint density at radius 3 is 0.976 bits per heavy atom. The first-order chi connectivity index (χ1) is 18.5. The van der Waals surface area contributed by atoms with Crippen molar-refractivity contribution in [3.8, 4) is 0 Å². The quantitative estimate of drug-likeness (QED) is 0.101. The second kappa shape index (κ2) is 22.1. The van der Waals surface area contributed by atoms with E-state index in [0.29, 0.717) is 11.4 Å². The number of carboxylic acid groups (broad SMARTS) is 6. The number of aliphatic carboxylic acids is 6. The van der Waals surface area contributed by atoms with Crippen LogP contribution in [0.1, 0.15) is 11.4 Å². The van der Waals surface area contributed by atoms with E-state index >= 15 is 0 Å². The average Bonchev–Trinajstić information content (AvgIpc) is 3.59. The Balaban J connectivity index is -0.000000466. The first-order valence-corrected chi connectivity index (χ1v) is 9.82. The molecule has 2 aromatic rings. The van der Waals surface area contributed by atoms with Crippen LogP contribution in [0.4, 0.5) is 0 Å². The van der Waals surface area contributed by atoms with Gasteiger partial charge < -0.3 is 89.8 Å². The largest absolute Gasteiger partial charge is 6.00 e. The molecule has 0 bridgehead atoms. The minimum Gasteiger partial charge on any atom is -0.547 e. The summed E-state index contributed by atoms with van der Waals surface area (Å²) in [6.07, 6.45) is 0.900. The van der Waals surface area contributed by atoms with Crippen molar-refractivity contribution in [2.75, 3.05) is 0 Å². The summed E-state index contributed by atoms with van der Waals surface area (Å²) < 4.78 is 0. The van der Waals surface area contributed by atoms with Gasteiger partial charge in [0.15, 0.2) is 0 Å². The van der Waals surface area contributed by atoms with Crippen LogP contribution in [0.5, 0.6) is 0 Å². The monoisotopic (exact) mass is 668 g/mol. The summed E-state index contributed by atoms with van der Waals surface area (Å²) in [7, 11) is 0. The van der Waals surface area contributed by atoms with Crippen LogP contribution < -0.4 is 30.6 Å². The molecule has 0 saturated carbocycles. The molecular weight excluding hydrogens is 648 g/mol. The molecule has 0 spiro atoms. The molecule has 6 N–H and O–H groups in total. The normalized spacial score (nSPS) is 12.8. The Morgan fingerprint density at radius 2 is 0.829 bits per heavy atom. The molecule has 2 rings (SSSR count). The van der Waals surface area contributed by atoms with Gasteiger partial charge in [0.05, 0.1) is 59.9 Å². The summed E-state index contributed by atoms with van der Waals surface area (Å²) in [6, 6.07) is 0. The van der Waals surface area contributed by atoms with Crippen LogP contribution in [-0.2, 0) is 49.8 Å². The summed E-state index contributed by atoms with van der Waals surface area (Å²) in [5.41, 5.74) is 1.15. The third-order valence-corrected chi connectivity index (χ3v) is 3.38. The zero-order chi connectivity index (χ0) is 31.4. The van der Waals surface area contributed by atoms with Crippen molar-refractivity contribution in [2.45, 2.75) is 24.4 Å². The van der Waals surface area contributed by atoms with Gasteiger partial charge in [0.25, 0.3) is 0 Å². The predicted octanol–water partition coefficient (Wildman–Crippen LogP) is -11.2. The van der Waals surface area contributed by atoms with Gasteiger partial charge in [-0.2, -0.15) is 0 Å². The van der Waals surface area contributed by atoms with E-state index in [1.165, 1.54) is 24.8 Å². The Bertz CT molecular complexity index is 1020. The topological polar surface area (TPSA) is 379 Å². The number of carboxylic acids is 6. The number of aromatic amines is 2. The summed E-state index contributed by atoms with van der Waals surface area (Å²) >= 11 is 0. The van der Waals surface area contributed by atoms with E-state index in [-0.39, 0.29) is 21.1 Å². The van der Waals surface area contributed by atoms with Crippen molar-refractivity contribution in [3.63, 3.8) is 0 Å². The van der Waals surface area contributed by atoms with E-state index < -0.39 is 60.2 Å². The molecule has 0 radical (unpaired) electrons. The summed E-state index contributed by atoms with van der Waals surface area (Å²) in [5.74, 6) is -10.7. The smallest absolute Gasteiger partial charge is 0.547 e. The van der Waals surface area contributed by atoms with Gasteiger partial charge in [-0.05, 0) is 24.3 Å². The Morgan fingerprint density at radius 1 is 0.585 bits per heavy atom. The number of aliphatic hydroxyl groups is 4. The van der Waals surface area contributed by atoms with Crippen molar-refractivity contribution in [2.24, 2.45) is 0 Å². The van der Waals surface area contributed by atoms with Crippen LogP contribution >= 0.6 is 0 Å². The van der Waals surface area contributed by atoms with E-state index in [0.717, 1.165) is 12.2 Å². The van der Waals surface area contributed by atoms with E-state index in [9.17, 15) is 59.4 Å². The van der Waals surface area contributed by atoms with Gasteiger partial charge in [-0.1, -0.05) is 0 Å². The number of H-pyrrole nitrogens is 2. The summed E-state index contributed by atoms with van der Waals surface area (Å²) in [5, 5.41) is 91.2. The van der Waals surface area contributed by atoms with Crippen molar-refractivity contribution in [1.82, 2.24) is 19.9 Å². The van der Waals surface area contributed by atoms with Crippen molar-refractivity contribution >= 4 is 48.0 Å². The number of rotatable bonds is 10. The van der Waals surface area contributed by atoms with Crippen LogP contribution in [0.3, 0.4) is 0 Å². The molecule has 4 unspecified atom stereocenters. The van der Waals surface area contributed by atoms with Crippen LogP contribution in [0.25, 0.3) is 12.2 Å². The van der Waals surface area contributed by atoms with Gasteiger partial charge in [0.1, 0.15) is 24.4 Å². The van der Waals surface area contributed by atoms with E-state index in [1.807, 2.05) is 0 Å². The molecule has 0 aliphatic carbocycles. The molecule has 220 valence electrons. The van der Waals surface area contributed by atoms with Gasteiger partial charge in [-0.3, -0.25) is 0 Å². The fraction of sp³-hybridized carbons (Fsp3) is 0.200. The SMILES string of the molecule is O=C([O-])C(O)C(O)C(=O)[O-].O=C([O-])C(O)C(O)C(=O)[O-].O=C([O-])C=Cc1c[nH]cn1.O=C([O-])C=Cc1c[nH]cn1.[Mo+6]. The van der Waals surface area contributed by atoms with Gasteiger partial charge in [0.2, 0.25) is 0 Å². The number of aromatic nitrogens is 4. The first-order valence-electron chi connectivity index (χ1n) is 9.82. The van der Waals surface area contributed by atoms with Gasteiger partial charge in [-0.15, -0.1) is 0 Å².